The number of aromatic nitrogens is 2. The summed E-state index contributed by atoms with van der Waals surface area (Å²) in [6.45, 7) is 11.4. The van der Waals surface area contributed by atoms with Gasteiger partial charge in [-0.05, 0) is 50.2 Å². The molecule has 34 heavy (non-hydrogen) atoms. The Morgan fingerprint density at radius 2 is 1.65 bits per heavy atom. The number of hydrogen-bond donors (Lipinski definition) is 2. The molecule has 0 radical (unpaired) electrons. The molecule has 3 aromatic rings. The van der Waals surface area contributed by atoms with Crippen LogP contribution < -0.4 is 10.6 Å². The first-order valence-electron chi connectivity index (χ1n) is 12.1. The molecule has 1 aliphatic heterocycles. The number of aryl methyl sites for hydroxylation is 1. The van der Waals surface area contributed by atoms with Gasteiger partial charge in [-0.25, -0.2) is 0 Å². The van der Waals surface area contributed by atoms with Gasteiger partial charge in [0, 0.05) is 56.1 Å². The van der Waals surface area contributed by atoms with Gasteiger partial charge in [-0.3, -0.25) is 9.69 Å². The summed E-state index contributed by atoms with van der Waals surface area (Å²) in [5.41, 5.74) is 4.50. The molecule has 1 saturated heterocycles. The topological polar surface area (TPSA) is 73.4 Å². The molecule has 1 aliphatic rings. The Labute approximate surface area is 202 Å². The van der Waals surface area contributed by atoms with Gasteiger partial charge < -0.3 is 15.5 Å². The minimum Gasteiger partial charge on any atom is -0.351 e. The molecule has 0 aliphatic carbocycles. The number of amides is 1. The summed E-state index contributed by atoms with van der Waals surface area (Å²) in [5, 5.41) is 14.9. The molecule has 2 N–H and O–H groups in total. The van der Waals surface area contributed by atoms with Gasteiger partial charge >= 0.3 is 0 Å². The van der Waals surface area contributed by atoms with Crippen LogP contribution in [0.1, 0.15) is 29.3 Å². The first kappa shape index (κ1) is 23.9. The predicted octanol–water partition coefficient (Wildman–Crippen LogP) is 3.95. The molecule has 7 heteroatoms. The maximum atomic E-state index is 12.7. The zero-order valence-corrected chi connectivity index (χ0v) is 20.1. The van der Waals surface area contributed by atoms with Crippen LogP contribution in [0, 0.1) is 6.92 Å². The minimum absolute atomic E-state index is 0.0610. The summed E-state index contributed by atoms with van der Waals surface area (Å²) in [6, 6.07) is 19.5. The number of rotatable bonds is 9. The summed E-state index contributed by atoms with van der Waals surface area (Å²) in [6.07, 6.45) is 1.20. The van der Waals surface area contributed by atoms with Gasteiger partial charge in [-0.1, -0.05) is 42.8 Å². The normalized spacial score (nSPS) is 14.6. The zero-order chi connectivity index (χ0) is 23.8. The number of nitrogens with zero attached hydrogens (tertiary/aromatic N) is 4. The van der Waals surface area contributed by atoms with Gasteiger partial charge in [0.05, 0.1) is 5.69 Å². The van der Waals surface area contributed by atoms with E-state index in [1.54, 1.807) is 0 Å². The number of benzene rings is 2. The highest BCUT2D eigenvalue weighted by Gasteiger charge is 2.16. The van der Waals surface area contributed by atoms with Crippen molar-refractivity contribution in [2.24, 2.45) is 0 Å². The molecule has 0 spiro atoms. The predicted molar refractivity (Wildman–Crippen MR) is 137 cm³/mol. The lowest BCUT2D eigenvalue weighted by Gasteiger charge is -2.34. The molecular formula is C27H34N6O. The highest BCUT2D eigenvalue weighted by molar-refractivity contribution is 5.95. The van der Waals surface area contributed by atoms with Gasteiger partial charge in [0.1, 0.15) is 0 Å². The number of anilines is 2. The maximum absolute atomic E-state index is 12.7. The van der Waals surface area contributed by atoms with Crippen LogP contribution in [0.15, 0.2) is 60.7 Å². The fourth-order valence-corrected chi connectivity index (χ4v) is 4.15. The average molecular weight is 459 g/mol. The third-order valence-corrected chi connectivity index (χ3v) is 6.13. The molecule has 178 valence electrons. The van der Waals surface area contributed by atoms with E-state index in [9.17, 15) is 4.79 Å². The van der Waals surface area contributed by atoms with Gasteiger partial charge in [0.25, 0.3) is 5.91 Å². The van der Waals surface area contributed by atoms with E-state index in [0.717, 1.165) is 49.7 Å². The van der Waals surface area contributed by atoms with E-state index in [4.69, 9.17) is 0 Å². The largest absolute Gasteiger partial charge is 0.351 e. The molecule has 2 heterocycles. The van der Waals surface area contributed by atoms with E-state index in [-0.39, 0.29) is 5.91 Å². The lowest BCUT2D eigenvalue weighted by Crippen LogP contribution is -2.48. The molecule has 1 amide bonds. The summed E-state index contributed by atoms with van der Waals surface area (Å²) >= 11 is 0. The van der Waals surface area contributed by atoms with Crippen molar-refractivity contribution in [2.75, 3.05) is 51.1 Å². The average Bonchev–Trinajstić information content (AvgIpc) is 2.86. The molecule has 2 aromatic carbocycles. The van der Waals surface area contributed by atoms with E-state index in [1.807, 2.05) is 48.5 Å². The van der Waals surface area contributed by atoms with Crippen molar-refractivity contribution in [2.45, 2.75) is 20.3 Å². The number of carbonyl (C=O) groups is 1. The molecule has 0 atom stereocenters. The third kappa shape index (κ3) is 6.62. The summed E-state index contributed by atoms with van der Waals surface area (Å²) < 4.78 is 0. The lowest BCUT2D eigenvalue weighted by atomic mass is 10.1. The summed E-state index contributed by atoms with van der Waals surface area (Å²) in [4.78, 5) is 17.6. The number of piperazine rings is 1. The van der Waals surface area contributed by atoms with Crippen molar-refractivity contribution in [3.05, 3.63) is 71.8 Å². The fourth-order valence-electron chi connectivity index (χ4n) is 4.15. The Bertz CT molecular complexity index is 1060. The van der Waals surface area contributed by atoms with E-state index >= 15 is 0 Å². The monoisotopic (exact) mass is 458 g/mol. The van der Waals surface area contributed by atoms with Gasteiger partial charge in [-0.15, -0.1) is 10.2 Å². The molecule has 4 rings (SSSR count). The van der Waals surface area contributed by atoms with Crippen LogP contribution in [0.25, 0.3) is 11.3 Å². The van der Waals surface area contributed by atoms with Crippen molar-refractivity contribution in [1.82, 2.24) is 25.3 Å². The van der Waals surface area contributed by atoms with Gasteiger partial charge in [0.2, 0.25) is 0 Å². The second kappa shape index (κ2) is 11.7. The smallest absolute Gasteiger partial charge is 0.251 e. The van der Waals surface area contributed by atoms with Crippen LogP contribution in [0.3, 0.4) is 0 Å². The number of hydrogen-bond acceptors (Lipinski definition) is 6. The second-order valence-corrected chi connectivity index (χ2v) is 8.81. The van der Waals surface area contributed by atoms with Crippen LogP contribution in [0.2, 0.25) is 0 Å². The fraction of sp³-hybridized carbons (Fsp3) is 0.370. The zero-order valence-electron chi connectivity index (χ0n) is 20.1. The molecule has 0 saturated carbocycles. The van der Waals surface area contributed by atoms with E-state index in [1.165, 1.54) is 18.5 Å². The van der Waals surface area contributed by atoms with Crippen LogP contribution in [-0.2, 0) is 0 Å². The minimum atomic E-state index is -0.0610. The first-order valence-corrected chi connectivity index (χ1v) is 12.1. The van der Waals surface area contributed by atoms with Crippen molar-refractivity contribution in [3.63, 3.8) is 0 Å². The van der Waals surface area contributed by atoms with Crippen molar-refractivity contribution >= 4 is 17.4 Å². The second-order valence-electron chi connectivity index (χ2n) is 8.81. The third-order valence-electron chi connectivity index (χ3n) is 6.13. The quantitative estimate of drug-likeness (QED) is 0.506. The Morgan fingerprint density at radius 3 is 2.32 bits per heavy atom. The summed E-state index contributed by atoms with van der Waals surface area (Å²) in [5.74, 6) is 0.574. The number of carbonyl (C=O) groups excluding carboxylic acids is 1. The maximum Gasteiger partial charge on any atom is 0.251 e. The van der Waals surface area contributed by atoms with Crippen molar-refractivity contribution < 1.29 is 4.79 Å². The molecule has 1 fully saturated rings. The van der Waals surface area contributed by atoms with Crippen LogP contribution in [0.4, 0.5) is 11.5 Å². The van der Waals surface area contributed by atoms with Gasteiger partial charge in [0.15, 0.2) is 5.82 Å². The van der Waals surface area contributed by atoms with Crippen molar-refractivity contribution in [1.29, 1.82) is 0 Å². The standard InChI is InChI=1S/C27H34N6O/c1-3-14-32-16-18-33(19-17-32)15-13-28-27(34)23-5-4-6-24(20-23)29-26-12-11-25(30-31-26)22-9-7-21(2)8-10-22/h4-12,20H,3,13-19H2,1-2H3,(H,28,34)(H,29,31). The molecule has 1 aromatic heterocycles. The van der Waals surface area contributed by atoms with Crippen LogP contribution >= 0.6 is 0 Å². The lowest BCUT2D eigenvalue weighted by molar-refractivity contribution is 0.0936. The molecule has 0 bridgehead atoms. The highest BCUT2D eigenvalue weighted by atomic mass is 16.1. The van der Waals surface area contributed by atoms with Crippen LogP contribution in [0.5, 0.6) is 0 Å². The first-order chi connectivity index (χ1) is 16.6. The Kier molecular flexibility index (Phi) is 8.22. The summed E-state index contributed by atoms with van der Waals surface area (Å²) in [7, 11) is 0. The van der Waals surface area contributed by atoms with E-state index < -0.39 is 0 Å². The SMILES string of the molecule is CCCN1CCN(CCNC(=O)c2cccc(Nc3ccc(-c4ccc(C)cc4)nn3)c2)CC1. The van der Waals surface area contributed by atoms with Crippen molar-refractivity contribution in [3.8, 4) is 11.3 Å². The van der Waals surface area contributed by atoms with E-state index in [0.29, 0.717) is 17.9 Å². The van der Waals surface area contributed by atoms with E-state index in [2.05, 4.69) is 56.6 Å². The number of nitrogens with one attached hydrogen (secondary N) is 2. The Morgan fingerprint density at radius 1 is 0.912 bits per heavy atom. The molecule has 0 unspecified atom stereocenters. The Balaban J connectivity index is 1.27. The van der Waals surface area contributed by atoms with Crippen LogP contribution in [-0.4, -0.2) is 71.7 Å². The Hall–Kier alpha value is -3.29. The van der Waals surface area contributed by atoms with Gasteiger partial charge in [-0.2, -0.15) is 0 Å². The molecule has 7 nitrogen and oxygen atoms in total. The molecular weight excluding hydrogens is 424 g/mol. The highest BCUT2D eigenvalue weighted by Crippen LogP contribution is 2.20.